The SMILES string of the molecule is CC(C)(CNCCCCCC(=O)O)NS(C)(=O)=O. The van der Waals surface area contributed by atoms with Crippen LogP contribution in [0.15, 0.2) is 0 Å². The summed E-state index contributed by atoms with van der Waals surface area (Å²) in [6, 6.07) is 0. The van der Waals surface area contributed by atoms with Gasteiger partial charge in [-0.3, -0.25) is 4.79 Å². The Kier molecular flexibility index (Phi) is 7.42. The number of nitrogens with one attached hydrogen (secondary N) is 2. The van der Waals surface area contributed by atoms with Crippen molar-refractivity contribution in [2.24, 2.45) is 0 Å². The summed E-state index contributed by atoms with van der Waals surface area (Å²) in [5, 5.41) is 11.6. The van der Waals surface area contributed by atoms with Gasteiger partial charge in [-0.2, -0.15) is 0 Å². The molecular formula is C11H24N2O4S. The Hall–Kier alpha value is -0.660. The lowest BCUT2D eigenvalue weighted by Gasteiger charge is -2.25. The molecule has 0 aliphatic carbocycles. The number of carboxylic acid groups (broad SMARTS) is 1. The molecule has 0 heterocycles. The summed E-state index contributed by atoms with van der Waals surface area (Å²) in [5.41, 5.74) is -0.519. The molecule has 0 atom stereocenters. The summed E-state index contributed by atoms with van der Waals surface area (Å²) >= 11 is 0. The largest absolute Gasteiger partial charge is 0.481 e. The second-order valence-corrected chi connectivity index (χ2v) is 6.89. The van der Waals surface area contributed by atoms with Crippen LogP contribution in [0.1, 0.15) is 39.5 Å². The van der Waals surface area contributed by atoms with Crippen LogP contribution in [-0.2, 0) is 14.8 Å². The third-order valence-electron chi connectivity index (χ3n) is 2.27. The van der Waals surface area contributed by atoms with Crippen molar-refractivity contribution in [2.75, 3.05) is 19.3 Å². The zero-order valence-electron chi connectivity index (χ0n) is 11.3. The molecule has 0 amide bonds. The Bertz CT molecular complexity index is 352. The van der Waals surface area contributed by atoms with Gasteiger partial charge in [0.25, 0.3) is 0 Å². The third-order valence-corrected chi connectivity index (χ3v) is 3.20. The van der Waals surface area contributed by atoms with Gasteiger partial charge in [0, 0.05) is 18.5 Å². The second kappa shape index (κ2) is 7.70. The average molecular weight is 280 g/mol. The summed E-state index contributed by atoms with van der Waals surface area (Å²) in [6.45, 7) is 4.92. The molecule has 0 aromatic carbocycles. The molecule has 0 aliphatic heterocycles. The van der Waals surface area contributed by atoms with Crippen LogP contribution >= 0.6 is 0 Å². The highest BCUT2D eigenvalue weighted by atomic mass is 32.2. The summed E-state index contributed by atoms with van der Waals surface area (Å²) in [6.07, 6.45) is 3.78. The maximum atomic E-state index is 11.1. The van der Waals surface area contributed by atoms with Crippen LogP contribution in [-0.4, -0.2) is 44.4 Å². The zero-order chi connectivity index (χ0) is 14.2. The number of rotatable bonds is 10. The van der Waals surface area contributed by atoms with Crippen molar-refractivity contribution in [3.63, 3.8) is 0 Å². The van der Waals surface area contributed by atoms with Gasteiger partial charge in [0.1, 0.15) is 0 Å². The van der Waals surface area contributed by atoms with Gasteiger partial charge in [-0.1, -0.05) is 6.42 Å². The van der Waals surface area contributed by atoms with E-state index in [1.54, 1.807) is 0 Å². The van der Waals surface area contributed by atoms with E-state index in [0.29, 0.717) is 13.0 Å². The molecule has 0 spiro atoms. The van der Waals surface area contributed by atoms with Crippen molar-refractivity contribution in [1.82, 2.24) is 10.0 Å². The highest BCUT2D eigenvalue weighted by Crippen LogP contribution is 2.03. The third kappa shape index (κ3) is 11.8. The Balaban J connectivity index is 3.62. The smallest absolute Gasteiger partial charge is 0.303 e. The molecule has 0 aromatic heterocycles. The van der Waals surface area contributed by atoms with Gasteiger partial charge in [0.15, 0.2) is 0 Å². The molecule has 6 nitrogen and oxygen atoms in total. The molecule has 0 fully saturated rings. The Morgan fingerprint density at radius 3 is 2.33 bits per heavy atom. The Morgan fingerprint density at radius 1 is 1.22 bits per heavy atom. The van der Waals surface area contributed by atoms with Crippen molar-refractivity contribution < 1.29 is 18.3 Å². The zero-order valence-corrected chi connectivity index (χ0v) is 12.1. The van der Waals surface area contributed by atoms with Crippen molar-refractivity contribution in [1.29, 1.82) is 0 Å². The molecule has 0 saturated heterocycles. The number of unbranched alkanes of at least 4 members (excludes halogenated alkanes) is 2. The first-order valence-corrected chi connectivity index (χ1v) is 7.93. The number of carboxylic acids is 1. The molecule has 0 rings (SSSR count). The number of aliphatic carboxylic acids is 1. The maximum Gasteiger partial charge on any atom is 0.303 e. The lowest BCUT2D eigenvalue weighted by atomic mass is 10.1. The molecule has 0 bridgehead atoms. The van der Waals surface area contributed by atoms with E-state index in [1.807, 2.05) is 13.8 Å². The Morgan fingerprint density at radius 2 is 1.83 bits per heavy atom. The second-order valence-electron chi connectivity index (χ2n) is 5.14. The predicted octanol–water partition coefficient (Wildman–Crippen LogP) is 0.549. The summed E-state index contributed by atoms with van der Waals surface area (Å²) in [7, 11) is -3.20. The fraction of sp³-hybridized carbons (Fsp3) is 0.909. The minimum absolute atomic E-state index is 0.209. The van der Waals surface area contributed by atoms with E-state index >= 15 is 0 Å². The highest BCUT2D eigenvalue weighted by molar-refractivity contribution is 7.88. The van der Waals surface area contributed by atoms with Crippen LogP contribution in [0.4, 0.5) is 0 Å². The van der Waals surface area contributed by atoms with Crippen LogP contribution in [0, 0.1) is 0 Å². The number of sulfonamides is 1. The lowest BCUT2D eigenvalue weighted by Crippen LogP contribution is -2.50. The van der Waals surface area contributed by atoms with Gasteiger partial charge in [0.2, 0.25) is 10.0 Å². The molecule has 0 unspecified atom stereocenters. The fourth-order valence-corrected chi connectivity index (χ4v) is 2.72. The van der Waals surface area contributed by atoms with Crippen molar-refractivity contribution >= 4 is 16.0 Å². The molecule has 0 aromatic rings. The van der Waals surface area contributed by atoms with E-state index < -0.39 is 21.5 Å². The number of hydrogen-bond donors (Lipinski definition) is 3. The van der Waals surface area contributed by atoms with Crippen LogP contribution < -0.4 is 10.0 Å². The minimum atomic E-state index is -3.20. The van der Waals surface area contributed by atoms with Gasteiger partial charge in [0.05, 0.1) is 6.26 Å². The topological polar surface area (TPSA) is 95.5 Å². The normalized spacial score (nSPS) is 12.6. The highest BCUT2D eigenvalue weighted by Gasteiger charge is 2.21. The van der Waals surface area contributed by atoms with E-state index in [1.165, 1.54) is 0 Å². The predicted molar refractivity (Wildman–Crippen MR) is 71.0 cm³/mol. The van der Waals surface area contributed by atoms with E-state index in [9.17, 15) is 13.2 Å². The number of carbonyl (C=O) groups is 1. The van der Waals surface area contributed by atoms with Gasteiger partial charge in [-0.05, 0) is 33.2 Å². The number of hydrogen-bond acceptors (Lipinski definition) is 4. The van der Waals surface area contributed by atoms with Gasteiger partial charge in [-0.15, -0.1) is 0 Å². The summed E-state index contributed by atoms with van der Waals surface area (Å²) in [5.74, 6) is -0.763. The molecule has 3 N–H and O–H groups in total. The first kappa shape index (κ1) is 17.3. The van der Waals surface area contributed by atoms with E-state index in [-0.39, 0.29) is 6.42 Å². The van der Waals surface area contributed by atoms with Gasteiger partial charge >= 0.3 is 5.97 Å². The van der Waals surface area contributed by atoms with Crippen LogP contribution in [0.2, 0.25) is 0 Å². The molecular weight excluding hydrogens is 256 g/mol. The maximum absolute atomic E-state index is 11.1. The Labute approximate surface area is 109 Å². The van der Waals surface area contributed by atoms with Gasteiger partial charge < -0.3 is 10.4 Å². The minimum Gasteiger partial charge on any atom is -0.481 e. The van der Waals surface area contributed by atoms with Crippen LogP contribution in [0.3, 0.4) is 0 Å². The monoisotopic (exact) mass is 280 g/mol. The molecule has 0 saturated carbocycles. The van der Waals surface area contributed by atoms with Crippen molar-refractivity contribution in [3.05, 3.63) is 0 Å². The molecule has 108 valence electrons. The standard InChI is InChI=1S/C11H24N2O4S/c1-11(2,13-18(3,16)17)9-12-8-6-4-5-7-10(14)15/h12-13H,4-9H2,1-3H3,(H,14,15). The van der Waals surface area contributed by atoms with Crippen LogP contribution in [0.5, 0.6) is 0 Å². The van der Waals surface area contributed by atoms with Crippen molar-refractivity contribution in [3.8, 4) is 0 Å². The summed E-state index contributed by atoms with van der Waals surface area (Å²) in [4.78, 5) is 10.3. The van der Waals surface area contributed by atoms with E-state index in [4.69, 9.17) is 5.11 Å². The van der Waals surface area contributed by atoms with E-state index in [0.717, 1.165) is 25.6 Å². The van der Waals surface area contributed by atoms with Crippen molar-refractivity contribution in [2.45, 2.75) is 45.1 Å². The quantitative estimate of drug-likeness (QED) is 0.508. The fourth-order valence-electron chi connectivity index (χ4n) is 1.64. The molecule has 0 radical (unpaired) electrons. The lowest BCUT2D eigenvalue weighted by molar-refractivity contribution is -0.137. The molecule has 7 heteroatoms. The first-order chi connectivity index (χ1) is 8.12. The summed E-state index contributed by atoms with van der Waals surface area (Å²) < 4.78 is 24.7. The molecule has 0 aliphatic rings. The molecule has 18 heavy (non-hydrogen) atoms. The first-order valence-electron chi connectivity index (χ1n) is 6.04. The van der Waals surface area contributed by atoms with Gasteiger partial charge in [-0.25, -0.2) is 13.1 Å². The van der Waals surface area contributed by atoms with Crippen LogP contribution in [0.25, 0.3) is 0 Å². The van der Waals surface area contributed by atoms with E-state index in [2.05, 4.69) is 10.0 Å². The average Bonchev–Trinajstić information content (AvgIpc) is 2.11.